The van der Waals surface area contributed by atoms with E-state index in [-0.39, 0.29) is 19.2 Å². The first-order chi connectivity index (χ1) is 9.02. The summed E-state index contributed by atoms with van der Waals surface area (Å²) >= 11 is 1.87. The molecule has 2 aliphatic heterocycles. The van der Waals surface area contributed by atoms with Crippen molar-refractivity contribution in [3.8, 4) is 0 Å². The lowest BCUT2D eigenvalue weighted by atomic mass is 9.85. The Morgan fingerprint density at radius 1 is 1.53 bits per heavy atom. The van der Waals surface area contributed by atoms with Crippen LogP contribution in [-0.2, 0) is 9.53 Å². The van der Waals surface area contributed by atoms with Gasteiger partial charge in [-0.25, -0.2) is 4.79 Å². The Morgan fingerprint density at radius 3 is 2.95 bits per heavy atom. The molecule has 0 aliphatic carbocycles. The van der Waals surface area contributed by atoms with Crippen LogP contribution in [0, 0.1) is 5.41 Å². The first kappa shape index (κ1) is 14.5. The van der Waals surface area contributed by atoms with Crippen LogP contribution in [0.3, 0.4) is 0 Å². The van der Waals surface area contributed by atoms with Gasteiger partial charge in [0.2, 0.25) is 0 Å². The molecule has 2 saturated heterocycles. The predicted molar refractivity (Wildman–Crippen MR) is 72.4 cm³/mol. The van der Waals surface area contributed by atoms with Crippen LogP contribution in [0.4, 0.5) is 4.79 Å². The van der Waals surface area contributed by atoms with Gasteiger partial charge in [-0.05, 0) is 25.5 Å². The third-order valence-corrected chi connectivity index (χ3v) is 5.16. The number of carboxylic acids is 1. The summed E-state index contributed by atoms with van der Waals surface area (Å²) in [5.74, 6) is 0.211. The molecule has 7 heteroatoms. The van der Waals surface area contributed by atoms with Crippen LogP contribution < -0.4 is 10.6 Å². The second-order valence-corrected chi connectivity index (χ2v) is 6.69. The summed E-state index contributed by atoms with van der Waals surface area (Å²) in [5.41, 5.74) is -1.04. The summed E-state index contributed by atoms with van der Waals surface area (Å²) in [7, 11) is 0. The van der Waals surface area contributed by atoms with Crippen molar-refractivity contribution in [1.82, 2.24) is 10.6 Å². The summed E-state index contributed by atoms with van der Waals surface area (Å²) < 4.78 is 5.19. The zero-order chi connectivity index (χ0) is 13.9. The smallest absolute Gasteiger partial charge is 0.315 e. The predicted octanol–water partition coefficient (Wildman–Crippen LogP) is 0.671. The van der Waals surface area contributed by atoms with Gasteiger partial charge in [-0.1, -0.05) is 0 Å². The maximum atomic E-state index is 11.8. The molecule has 6 nitrogen and oxygen atoms in total. The first-order valence-corrected chi connectivity index (χ1v) is 7.54. The molecule has 2 amide bonds. The molecule has 108 valence electrons. The molecule has 19 heavy (non-hydrogen) atoms. The van der Waals surface area contributed by atoms with E-state index in [4.69, 9.17) is 4.74 Å². The number of carboxylic acid groups (broad SMARTS) is 1. The van der Waals surface area contributed by atoms with E-state index in [1.165, 1.54) is 6.42 Å². The molecule has 3 N–H and O–H groups in total. The van der Waals surface area contributed by atoms with Crippen LogP contribution in [-0.4, -0.2) is 53.9 Å². The number of hydrogen-bond acceptors (Lipinski definition) is 4. The standard InChI is InChI=1S/C12H20N2O4S/c1-12(10(15)16)7-18-6-9(12)14-11(17)13-5-8-3-2-4-19-8/h8-9H,2-7H2,1H3,(H,15,16)(H2,13,14,17). The molecular formula is C12H20N2O4S. The zero-order valence-corrected chi connectivity index (χ0v) is 11.8. The lowest BCUT2D eigenvalue weighted by molar-refractivity contribution is -0.148. The Labute approximate surface area is 116 Å². The van der Waals surface area contributed by atoms with Gasteiger partial charge < -0.3 is 20.5 Å². The number of rotatable bonds is 4. The Hall–Kier alpha value is -0.950. The van der Waals surface area contributed by atoms with Gasteiger partial charge in [-0.3, -0.25) is 4.79 Å². The van der Waals surface area contributed by atoms with Crippen molar-refractivity contribution in [3.63, 3.8) is 0 Å². The van der Waals surface area contributed by atoms with E-state index in [9.17, 15) is 14.7 Å². The summed E-state index contributed by atoms with van der Waals surface area (Å²) in [6.07, 6.45) is 2.33. The Balaban J connectivity index is 1.79. The van der Waals surface area contributed by atoms with Gasteiger partial charge in [0.25, 0.3) is 0 Å². The molecule has 2 rings (SSSR count). The van der Waals surface area contributed by atoms with Gasteiger partial charge in [-0.15, -0.1) is 0 Å². The van der Waals surface area contributed by atoms with Crippen LogP contribution in [0.2, 0.25) is 0 Å². The maximum absolute atomic E-state index is 11.8. The number of amides is 2. The number of carbonyl (C=O) groups is 2. The molecule has 0 aromatic heterocycles. The lowest BCUT2D eigenvalue weighted by Crippen LogP contribution is -2.53. The number of hydrogen-bond donors (Lipinski definition) is 3. The van der Waals surface area contributed by atoms with Gasteiger partial charge in [0.15, 0.2) is 0 Å². The fraction of sp³-hybridized carbons (Fsp3) is 0.833. The largest absolute Gasteiger partial charge is 0.481 e. The van der Waals surface area contributed by atoms with E-state index in [1.54, 1.807) is 6.92 Å². The highest BCUT2D eigenvalue weighted by molar-refractivity contribution is 8.00. The summed E-state index contributed by atoms with van der Waals surface area (Å²) in [5, 5.41) is 15.2. The van der Waals surface area contributed by atoms with Gasteiger partial charge in [0.05, 0.1) is 19.3 Å². The van der Waals surface area contributed by atoms with Crippen LogP contribution in [0.5, 0.6) is 0 Å². The monoisotopic (exact) mass is 288 g/mol. The Kier molecular flexibility index (Phi) is 4.57. The molecule has 0 spiro atoms. The van der Waals surface area contributed by atoms with Crippen LogP contribution in [0.1, 0.15) is 19.8 Å². The van der Waals surface area contributed by atoms with Crippen molar-refractivity contribution < 1.29 is 19.4 Å². The molecule has 3 unspecified atom stereocenters. The Morgan fingerprint density at radius 2 is 2.32 bits per heavy atom. The van der Waals surface area contributed by atoms with Crippen LogP contribution >= 0.6 is 11.8 Å². The molecule has 2 fully saturated rings. The number of thioether (sulfide) groups is 1. The van der Waals surface area contributed by atoms with Gasteiger partial charge >= 0.3 is 12.0 Å². The topological polar surface area (TPSA) is 87.7 Å². The Bertz CT molecular complexity index is 360. The minimum Gasteiger partial charge on any atom is -0.481 e. The third kappa shape index (κ3) is 3.33. The van der Waals surface area contributed by atoms with Crippen molar-refractivity contribution in [2.45, 2.75) is 31.1 Å². The lowest BCUT2D eigenvalue weighted by Gasteiger charge is -2.25. The van der Waals surface area contributed by atoms with Crippen molar-refractivity contribution in [1.29, 1.82) is 0 Å². The first-order valence-electron chi connectivity index (χ1n) is 6.49. The molecule has 0 aromatic carbocycles. The van der Waals surface area contributed by atoms with Crippen LogP contribution in [0.15, 0.2) is 0 Å². The second-order valence-electron chi connectivity index (χ2n) is 5.28. The second kappa shape index (κ2) is 6.00. The molecule has 2 heterocycles. The number of ether oxygens (including phenoxy) is 1. The summed E-state index contributed by atoms with van der Waals surface area (Å²) in [6.45, 7) is 2.61. The van der Waals surface area contributed by atoms with E-state index >= 15 is 0 Å². The van der Waals surface area contributed by atoms with E-state index in [0.717, 1.165) is 12.2 Å². The van der Waals surface area contributed by atoms with E-state index in [0.29, 0.717) is 11.8 Å². The highest BCUT2D eigenvalue weighted by Gasteiger charge is 2.47. The van der Waals surface area contributed by atoms with E-state index in [1.807, 2.05) is 11.8 Å². The van der Waals surface area contributed by atoms with Gasteiger partial charge in [0, 0.05) is 11.8 Å². The fourth-order valence-electron chi connectivity index (χ4n) is 2.31. The van der Waals surface area contributed by atoms with Crippen LogP contribution in [0.25, 0.3) is 0 Å². The molecule has 2 aliphatic rings. The normalized spacial score (nSPS) is 34.2. The van der Waals surface area contributed by atoms with Crippen molar-refractivity contribution in [2.75, 3.05) is 25.5 Å². The highest BCUT2D eigenvalue weighted by atomic mass is 32.2. The van der Waals surface area contributed by atoms with Crippen molar-refractivity contribution >= 4 is 23.8 Å². The number of nitrogens with one attached hydrogen (secondary N) is 2. The average molecular weight is 288 g/mol. The fourth-order valence-corrected chi connectivity index (χ4v) is 3.51. The van der Waals surface area contributed by atoms with E-state index in [2.05, 4.69) is 10.6 Å². The van der Waals surface area contributed by atoms with Gasteiger partial charge in [-0.2, -0.15) is 11.8 Å². The average Bonchev–Trinajstić information content (AvgIpc) is 2.98. The summed E-state index contributed by atoms with van der Waals surface area (Å²) in [4.78, 5) is 23.0. The minimum atomic E-state index is -1.04. The van der Waals surface area contributed by atoms with E-state index < -0.39 is 17.4 Å². The highest BCUT2D eigenvalue weighted by Crippen LogP contribution is 2.28. The molecule has 0 radical (unpaired) electrons. The third-order valence-electron chi connectivity index (χ3n) is 3.76. The quantitative estimate of drug-likeness (QED) is 0.708. The molecule has 0 bridgehead atoms. The number of aliphatic carboxylic acids is 1. The maximum Gasteiger partial charge on any atom is 0.315 e. The van der Waals surface area contributed by atoms with Crippen molar-refractivity contribution in [2.24, 2.45) is 5.41 Å². The molecular weight excluding hydrogens is 268 g/mol. The zero-order valence-electron chi connectivity index (χ0n) is 11.0. The summed E-state index contributed by atoms with van der Waals surface area (Å²) in [6, 6.07) is -0.795. The molecule has 0 saturated carbocycles. The number of carbonyl (C=O) groups excluding carboxylic acids is 1. The molecule has 0 aromatic rings. The minimum absolute atomic E-state index is 0.131. The van der Waals surface area contributed by atoms with Crippen molar-refractivity contribution in [3.05, 3.63) is 0 Å². The molecule has 3 atom stereocenters. The van der Waals surface area contributed by atoms with Gasteiger partial charge in [0.1, 0.15) is 5.41 Å². The SMILES string of the molecule is CC1(C(=O)O)COCC1NC(=O)NCC1CCCS1. The number of urea groups is 1.